The molecule has 0 aromatic carbocycles. The van der Waals surface area contributed by atoms with Gasteiger partial charge in [-0.15, -0.1) is 0 Å². The van der Waals surface area contributed by atoms with E-state index in [1.165, 1.54) is 24.0 Å². The molecule has 0 spiro atoms. The van der Waals surface area contributed by atoms with E-state index in [9.17, 15) is 29.5 Å². The summed E-state index contributed by atoms with van der Waals surface area (Å²) in [6, 6.07) is 0. The molecule has 3 aromatic heterocycles. The fraction of sp³-hybridized carbons (Fsp3) is 0.571. The summed E-state index contributed by atoms with van der Waals surface area (Å²) in [5, 5.41) is 20.2. The lowest BCUT2D eigenvalue weighted by Crippen LogP contribution is -2.33. The van der Waals surface area contributed by atoms with Crippen molar-refractivity contribution in [3.63, 3.8) is 0 Å². The van der Waals surface area contributed by atoms with Gasteiger partial charge in [0.25, 0.3) is 11.1 Å². The van der Waals surface area contributed by atoms with Crippen molar-refractivity contribution in [2.24, 2.45) is 0 Å². The van der Waals surface area contributed by atoms with Gasteiger partial charge in [-0.1, -0.05) is 7.43 Å². The normalized spacial score (nSPS) is 27.3. The van der Waals surface area contributed by atoms with Crippen LogP contribution in [0.3, 0.4) is 0 Å². The van der Waals surface area contributed by atoms with E-state index in [4.69, 9.17) is 36.1 Å². The maximum atomic E-state index is 12.2. The lowest BCUT2D eigenvalue weighted by Gasteiger charge is -2.24. The van der Waals surface area contributed by atoms with Gasteiger partial charge < -0.3 is 45.5 Å². The minimum Gasteiger partial charge on any atom is -0.394 e. The Morgan fingerprint density at radius 2 is 1.85 bits per heavy atom. The number of hydrogen-bond acceptors (Lipinski definition) is 13. The van der Waals surface area contributed by atoms with Crippen LogP contribution in [0.4, 0.5) is 5.95 Å². The molecule has 0 radical (unpaired) electrons. The Morgan fingerprint density at radius 3 is 2.56 bits per heavy atom. The van der Waals surface area contributed by atoms with E-state index in [0.29, 0.717) is 0 Å². The largest absolute Gasteiger partial charge is 0.394 e. The summed E-state index contributed by atoms with van der Waals surface area (Å²) in [6.07, 6.45) is -2.70. The number of aromatic amines is 2. The van der Waals surface area contributed by atoms with Gasteiger partial charge >= 0.3 is 12.4 Å². The van der Waals surface area contributed by atoms with E-state index in [1.54, 1.807) is 0 Å². The maximum absolute atomic E-state index is 12.2. The molecule has 20 heteroatoms. The number of ether oxygens (including phenoxy) is 2. The van der Waals surface area contributed by atoms with Crippen LogP contribution in [0, 0.1) is 6.92 Å². The van der Waals surface area contributed by atoms with E-state index in [0.717, 1.165) is 4.57 Å². The van der Waals surface area contributed by atoms with Gasteiger partial charge in [-0.2, -0.15) is 4.98 Å². The first-order valence-electron chi connectivity index (χ1n) is 11.8. The molecule has 2 fully saturated rings. The molecule has 0 bridgehead atoms. The van der Waals surface area contributed by atoms with Gasteiger partial charge in [0.1, 0.15) is 24.7 Å². The molecule has 228 valence electrons. The quantitative estimate of drug-likeness (QED) is 0.150. The molecule has 5 rings (SSSR count). The smallest absolute Gasteiger partial charge is 0.330 e. The van der Waals surface area contributed by atoms with E-state index in [2.05, 4.69) is 19.9 Å². The first-order valence-corrected chi connectivity index (χ1v) is 14.3. The second-order valence-corrected chi connectivity index (χ2v) is 11.9. The van der Waals surface area contributed by atoms with E-state index in [-0.39, 0.29) is 55.7 Å². The number of nitrogens with zero attached hydrogens (tertiary/aromatic N) is 4. The molecule has 2 aliphatic rings. The molecule has 3 unspecified atom stereocenters. The van der Waals surface area contributed by atoms with Crippen molar-refractivity contribution in [2.75, 3.05) is 18.9 Å². The zero-order valence-corrected chi connectivity index (χ0v) is 23.1. The molecule has 0 amide bonds. The number of aromatic nitrogens is 6. The van der Waals surface area contributed by atoms with Crippen LogP contribution in [0.1, 0.15) is 38.3 Å². The van der Waals surface area contributed by atoms with Crippen molar-refractivity contribution in [3.8, 4) is 0 Å². The molecule has 2 saturated heterocycles. The van der Waals surface area contributed by atoms with Crippen LogP contribution in [0.2, 0.25) is 0 Å². The van der Waals surface area contributed by atoms with Crippen molar-refractivity contribution in [1.82, 2.24) is 35.2 Å². The number of nitrogens with two attached hydrogens (primary N) is 1. The van der Waals surface area contributed by atoms with Gasteiger partial charge in [-0.05, 0) is 18.7 Å². The first kappa shape index (κ1) is 32.7. The third-order valence-electron chi connectivity index (χ3n) is 6.45. The molecule has 0 aliphatic carbocycles. The minimum absolute atomic E-state index is 0. The molecule has 3 aromatic rings. The fourth-order valence-corrected chi connectivity index (χ4v) is 5.98. The summed E-state index contributed by atoms with van der Waals surface area (Å²) in [6.45, 7) is -3.24. The molecule has 2 aliphatic heterocycles. The van der Waals surface area contributed by atoms with Crippen LogP contribution in [0.15, 0.2) is 26.9 Å². The zero-order valence-electron chi connectivity index (χ0n) is 21.4. The zero-order chi connectivity index (χ0) is 28.1. The van der Waals surface area contributed by atoms with Crippen LogP contribution in [-0.2, 0) is 30.3 Å². The van der Waals surface area contributed by atoms with Gasteiger partial charge in [-0.3, -0.25) is 28.7 Å². The third-order valence-corrected chi connectivity index (χ3v) is 8.04. The topological polar surface area (TPSA) is 279 Å². The van der Waals surface area contributed by atoms with E-state index < -0.39 is 67.0 Å². The van der Waals surface area contributed by atoms with Crippen molar-refractivity contribution < 1.29 is 33.6 Å². The van der Waals surface area contributed by atoms with Crippen LogP contribution in [0.5, 0.6) is 0 Å². The number of imidazole rings is 1. The Labute approximate surface area is 236 Å². The second kappa shape index (κ2) is 12.6. The number of aliphatic hydroxyl groups is 2. The lowest BCUT2D eigenvalue weighted by atomic mass is 10.2. The van der Waals surface area contributed by atoms with Crippen LogP contribution in [-0.4, -0.2) is 81.8 Å². The number of rotatable bonds is 8. The highest BCUT2D eigenvalue weighted by atomic mass is 32.5. The highest BCUT2D eigenvalue weighted by Crippen LogP contribution is 2.49. The lowest BCUT2D eigenvalue weighted by molar-refractivity contribution is -0.0521. The van der Waals surface area contributed by atoms with Crippen molar-refractivity contribution in [1.29, 1.82) is 0 Å². The molecule has 41 heavy (non-hydrogen) atoms. The number of fused-ring (bicyclic) bond motifs is 1. The second-order valence-electron chi connectivity index (χ2n) is 9.14. The molecule has 18 nitrogen and oxygen atoms in total. The third kappa shape index (κ3) is 6.64. The molecule has 11 N–H and O–H groups in total. The highest BCUT2D eigenvalue weighted by Gasteiger charge is 2.42. The van der Waals surface area contributed by atoms with Gasteiger partial charge in [-0.25, -0.2) is 9.78 Å². The van der Waals surface area contributed by atoms with Crippen LogP contribution < -0.4 is 28.7 Å². The first-order chi connectivity index (χ1) is 18.5. The van der Waals surface area contributed by atoms with E-state index >= 15 is 0 Å². The maximum Gasteiger partial charge on any atom is 0.330 e. The Balaban J connectivity index is 0.00000231. The average Bonchev–Trinajstić information content (AvgIpc) is 3.56. The monoisotopic (exact) mass is 621 g/mol. The Kier molecular flexibility index (Phi) is 10.0. The Hall–Kier alpha value is -2.84. The van der Waals surface area contributed by atoms with Crippen molar-refractivity contribution in [3.05, 3.63) is 49.3 Å². The molecular formula is C21H34N8O10PS+. The Bertz CT molecular complexity index is 1610. The summed E-state index contributed by atoms with van der Waals surface area (Å²) in [4.78, 5) is 59.2. The molecule has 7 atom stereocenters. The summed E-state index contributed by atoms with van der Waals surface area (Å²) < 4.78 is 25.2. The number of hydrogen-bond donors (Lipinski definition) is 7. The summed E-state index contributed by atoms with van der Waals surface area (Å²) in [5.74, 6) is -0.114. The minimum atomic E-state index is -3.93. The number of nitrogen functional groups attached to an aromatic ring is 1. The number of aryl methyl sites for hydroxylation is 1. The highest BCUT2D eigenvalue weighted by molar-refractivity contribution is 8.07. The van der Waals surface area contributed by atoms with Crippen molar-refractivity contribution >= 4 is 35.6 Å². The fourth-order valence-electron chi connectivity index (χ4n) is 4.51. The number of aliphatic hydroxyl groups excluding tert-OH is 2. The van der Waals surface area contributed by atoms with E-state index in [1.807, 2.05) is 0 Å². The summed E-state index contributed by atoms with van der Waals surface area (Å²) >= 11 is 5.14. The number of nitrogens with one attached hydrogen (secondary N) is 2. The molecule has 5 heterocycles. The van der Waals surface area contributed by atoms with Crippen molar-refractivity contribution in [2.45, 2.75) is 64.1 Å². The van der Waals surface area contributed by atoms with Crippen LogP contribution >= 0.6 is 6.72 Å². The van der Waals surface area contributed by atoms with Gasteiger partial charge in [0.15, 0.2) is 11.2 Å². The number of H-pyrrole nitrogens is 2. The predicted molar refractivity (Wildman–Crippen MR) is 149 cm³/mol. The number of quaternary nitrogens is 1. The standard InChI is InChI=1S/C20H26N7O10PS.CH4.H3N/c1-8-4-26(20(32)25-17(8)30)13-2-9(29)12(36-13)6-34-38(33,39)37-10-3-14(35-11(10)5-28)27-7-22-15-16(27)23-19(21)24-18(15)31;;/h4,7,9-14,28-29H,2-3,5-6H2,1H3,(H,33,39)(H,25,30,32)(H3,21,23,24,31);1H4;1H3/p+1/t9?,10?,11-,12-,13-,14-,38?;;/m1../s1. The van der Waals surface area contributed by atoms with Crippen LogP contribution in [0.25, 0.3) is 11.2 Å². The van der Waals surface area contributed by atoms with Gasteiger partial charge in [0, 0.05) is 24.6 Å². The SMILES string of the molecule is C.Cc1cn([C@H]2CC(O)[C@@H](COP(O)(=S)OC3C[C@H](n4cnc5c(=O)[nH]c(N)nc54)O[C@@H]3CO)O2)c(=O)[nH]c1=O.[NH4+]. The summed E-state index contributed by atoms with van der Waals surface area (Å²) in [7, 11) is 0. The predicted octanol–water partition coefficient (Wildman–Crippen LogP) is -0.880. The van der Waals surface area contributed by atoms with Gasteiger partial charge in [0.05, 0.1) is 31.7 Å². The molecule has 0 saturated carbocycles. The van der Waals surface area contributed by atoms with Gasteiger partial charge in [0.2, 0.25) is 5.95 Å². The average molecular weight is 622 g/mol. The Morgan fingerprint density at radius 1 is 1.17 bits per heavy atom. The molecular weight excluding hydrogens is 587 g/mol. The number of anilines is 1. The summed E-state index contributed by atoms with van der Waals surface area (Å²) in [5.41, 5.74) is 4.39.